The van der Waals surface area contributed by atoms with Crippen LogP contribution in [0.2, 0.25) is 0 Å². The van der Waals surface area contributed by atoms with Crippen LogP contribution < -0.4 is 10.4 Å². The van der Waals surface area contributed by atoms with E-state index in [2.05, 4.69) is 5.32 Å². The van der Waals surface area contributed by atoms with Gasteiger partial charge in [0.1, 0.15) is 0 Å². The third-order valence-corrected chi connectivity index (χ3v) is 4.42. The Morgan fingerprint density at radius 3 is 2.17 bits per heavy atom. The first-order chi connectivity index (χ1) is 10.9. The minimum absolute atomic E-state index is 0.138. The average molecular weight is 314 g/mol. The second-order valence-corrected chi connectivity index (χ2v) is 6.01. The minimum Gasteiger partial charge on any atom is -0.550 e. The van der Waals surface area contributed by atoms with E-state index in [4.69, 9.17) is 0 Å². The highest BCUT2D eigenvalue weighted by Crippen LogP contribution is 2.33. The zero-order valence-corrected chi connectivity index (χ0v) is 13.3. The lowest BCUT2D eigenvalue weighted by atomic mass is 9.76. The number of rotatable bonds is 5. The number of amides is 1. The summed E-state index contributed by atoms with van der Waals surface area (Å²) >= 11 is 0. The Bertz CT molecular complexity index is 648. The van der Waals surface area contributed by atoms with Crippen LogP contribution in [0.25, 0.3) is 0 Å². The van der Waals surface area contributed by atoms with E-state index in [1.165, 1.54) is 0 Å². The number of hydrogen-bond acceptors (Lipinski definition) is 4. The number of carbonyl (C=O) groups excluding carboxylic acids is 3. The molecule has 1 aliphatic rings. The van der Waals surface area contributed by atoms with E-state index in [9.17, 15) is 19.5 Å². The molecule has 122 valence electrons. The maximum atomic E-state index is 12.3. The van der Waals surface area contributed by atoms with E-state index in [0.717, 1.165) is 11.1 Å². The summed E-state index contributed by atoms with van der Waals surface area (Å²) in [6.45, 7) is 3.63. The van der Waals surface area contributed by atoms with Gasteiger partial charge in [-0.05, 0) is 26.7 Å². The predicted molar refractivity (Wildman–Crippen MR) is 83.4 cm³/mol. The molecule has 0 aromatic heterocycles. The monoisotopic (exact) mass is 314 g/mol. The molecule has 0 saturated carbocycles. The number of carboxylic acid groups (broad SMARTS) is 1. The normalized spacial score (nSPS) is 21.0. The molecule has 1 aromatic rings. The Balaban J connectivity index is 2.02. The Kier molecular flexibility index (Phi) is 5.32. The number of hydrogen-bond donors (Lipinski definition) is 1. The Hall–Kier alpha value is -2.43. The first-order valence-corrected chi connectivity index (χ1v) is 7.62. The summed E-state index contributed by atoms with van der Waals surface area (Å²) in [6, 6.07) is 8.66. The highest BCUT2D eigenvalue weighted by molar-refractivity contribution is 5.99. The third-order valence-electron chi connectivity index (χ3n) is 4.42. The van der Waals surface area contributed by atoms with Gasteiger partial charge in [-0.2, -0.15) is 0 Å². The fraction of sp³-hybridized carbons (Fsp3) is 0.389. The summed E-state index contributed by atoms with van der Waals surface area (Å²) in [7, 11) is 0. The third kappa shape index (κ3) is 4.06. The summed E-state index contributed by atoms with van der Waals surface area (Å²) in [5, 5.41) is 13.9. The van der Waals surface area contributed by atoms with Gasteiger partial charge in [0.2, 0.25) is 5.91 Å². The van der Waals surface area contributed by atoms with Gasteiger partial charge in [0.15, 0.2) is 5.78 Å². The second-order valence-electron chi connectivity index (χ2n) is 6.01. The highest BCUT2D eigenvalue weighted by atomic mass is 16.4. The Morgan fingerprint density at radius 1 is 1.04 bits per heavy atom. The summed E-state index contributed by atoms with van der Waals surface area (Å²) in [4.78, 5) is 35.6. The van der Waals surface area contributed by atoms with Crippen LogP contribution in [0.3, 0.4) is 0 Å². The molecule has 5 heteroatoms. The molecule has 2 rings (SSSR count). The maximum absolute atomic E-state index is 12.3. The number of nitrogens with one attached hydrogen (secondary N) is 1. The van der Waals surface area contributed by atoms with Gasteiger partial charge in [0, 0.05) is 23.4 Å². The van der Waals surface area contributed by atoms with Crippen molar-refractivity contribution < 1.29 is 19.5 Å². The van der Waals surface area contributed by atoms with Crippen LogP contribution in [0.15, 0.2) is 41.5 Å². The summed E-state index contributed by atoms with van der Waals surface area (Å²) < 4.78 is 0. The Morgan fingerprint density at radius 2 is 1.61 bits per heavy atom. The summed E-state index contributed by atoms with van der Waals surface area (Å²) in [5.74, 6) is -3.36. The largest absolute Gasteiger partial charge is 0.550 e. The van der Waals surface area contributed by atoms with E-state index >= 15 is 0 Å². The van der Waals surface area contributed by atoms with Gasteiger partial charge < -0.3 is 15.2 Å². The van der Waals surface area contributed by atoms with Crippen LogP contribution in [0, 0.1) is 11.8 Å². The molecule has 23 heavy (non-hydrogen) atoms. The van der Waals surface area contributed by atoms with Crippen molar-refractivity contribution in [1.82, 2.24) is 5.32 Å². The van der Waals surface area contributed by atoms with Crippen molar-refractivity contribution in [1.29, 1.82) is 0 Å². The number of carboxylic acids is 1. The molecule has 1 aromatic carbocycles. The molecule has 0 unspecified atom stereocenters. The average Bonchev–Trinajstić information content (AvgIpc) is 2.55. The van der Waals surface area contributed by atoms with Crippen LogP contribution in [-0.2, 0) is 9.59 Å². The molecule has 1 amide bonds. The molecule has 5 nitrogen and oxygen atoms in total. The topological polar surface area (TPSA) is 86.3 Å². The maximum Gasteiger partial charge on any atom is 0.224 e. The number of carbonyl (C=O) groups is 3. The lowest BCUT2D eigenvalue weighted by Gasteiger charge is -2.32. The van der Waals surface area contributed by atoms with E-state index in [1.54, 1.807) is 30.3 Å². The number of ketones is 1. The van der Waals surface area contributed by atoms with Crippen molar-refractivity contribution in [2.24, 2.45) is 11.8 Å². The molecule has 0 aliphatic heterocycles. The van der Waals surface area contributed by atoms with Crippen molar-refractivity contribution in [3.05, 3.63) is 47.0 Å². The number of aliphatic carboxylic acids is 1. The lowest BCUT2D eigenvalue weighted by molar-refractivity contribution is -0.313. The number of allylic oxidation sites excluding steroid dienone is 2. The Labute approximate surface area is 135 Å². The summed E-state index contributed by atoms with van der Waals surface area (Å²) in [5.41, 5.74) is 2.53. The number of benzene rings is 1. The molecule has 1 aliphatic carbocycles. The van der Waals surface area contributed by atoms with Crippen LogP contribution in [0.5, 0.6) is 0 Å². The molecular weight excluding hydrogens is 294 g/mol. The molecular formula is C18H20NO4-. The molecule has 0 fully saturated rings. The fourth-order valence-electron chi connectivity index (χ4n) is 2.84. The van der Waals surface area contributed by atoms with E-state index < -0.39 is 23.7 Å². The molecule has 0 saturated heterocycles. The van der Waals surface area contributed by atoms with Gasteiger partial charge in [-0.3, -0.25) is 9.59 Å². The highest BCUT2D eigenvalue weighted by Gasteiger charge is 2.33. The first-order valence-electron chi connectivity index (χ1n) is 7.62. The zero-order valence-electron chi connectivity index (χ0n) is 13.3. The number of Topliss-reactive ketones (excluding diaryl/α,β-unsaturated/α-hetero) is 1. The smallest absolute Gasteiger partial charge is 0.224 e. The van der Waals surface area contributed by atoms with Gasteiger partial charge in [0.25, 0.3) is 0 Å². The van der Waals surface area contributed by atoms with Gasteiger partial charge in [0.05, 0.1) is 6.54 Å². The van der Waals surface area contributed by atoms with Crippen molar-refractivity contribution in [2.45, 2.75) is 26.7 Å². The SMILES string of the molecule is CC1=C(C)C[C@@H](C(=O)NCC(=O)c2ccccc2)[C@@H](C(=O)[O-])C1. The van der Waals surface area contributed by atoms with Crippen LogP contribution >= 0.6 is 0 Å². The molecule has 0 bridgehead atoms. The lowest BCUT2D eigenvalue weighted by Crippen LogP contribution is -2.45. The van der Waals surface area contributed by atoms with Crippen LogP contribution in [-0.4, -0.2) is 24.2 Å². The molecule has 0 heterocycles. The molecule has 2 atom stereocenters. The van der Waals surface area contributed by atoms with Crippen LogP contribution in [0.4, 0.5) is 0 Å². The van der Waals surface area contributed by atoms with Crippen molar-refractivity contribution in [3.63, 3.8) is 0 Å². The summed E-state index contributed by atoms with van der Waals surface area (Å²) in [6.07, 6.45) is 0.703. The van der Waals surface area contributed by atoms with Gasteiger partial charge in [-0.25, -0.2) is 0 Å². The first kappa shape index (κ1) is 16.9. The molecule has 1 N–H and O–H groups in total. The fourth-order valence-corrected chi connectivity index (χ4v) is 2.84. The predicted octanol–water partition coefficient (Wildman–Crippen LogP) is 1.10. The van der Waals surface area contributed by atoms with E-state index in [0.29, 0.717) is 18.4 Å². The second kappa shape index (κ2) is 7.22. The molecule has 0 radical (unpaired) electrons. The van der Waals surface area contributed by atoms with Crippen molar-refractivity contribution in [2.75, 3.05) is 6.54 Å². The zero-order chi connectivity index (χ0) is 17.0. The van der Waals surface area contributed by atoms with Gasteiger partial charge >= 0.3 is 0 Å². The van der Waals surface area contributed by atoms with Gasteiger partial charge in [-0.15, -0.1) is 0 Å². The standard InChI is InChI=1S/C18H21NO4/c1-11-8-14(15(18(22)23)9-12(11)2)17(21)19-10-16(20)13-6-4-3-5-7-13/h3-7,14-15H,8-10H2,1-2H3,(H,19,21)(H,22,23)/p-1/t14-,15+/m1/s1. The van der Waals surface area contributed by atoms with E-state index in [1.807, 2.05) is 13.8 Å². The van der Waals surface area contributed by atoms with E-state index in [-0.39, 0.29) is 12.3 Å². The minimum atomic E-state index is -1.22. The van der Waals surface area contributed by atoms with Crippen molar-refractivity contribution in [3.8, 4) is 0 Å². The van der Waals surface area contributed by atoms with Gasteiger partial charge in [-0.1, -0.05) is 41.5 Å². The quantitative estimate of drug-likeness (QED) is 0.651. The van der Waals surface area contributed by atoms with Crippen LogP contribution in [0.1, 0.15) is 37.0 Å². The molecule has 0 spiro atoms. The van der Waals surface area contributed by atoms with Crippen molar-refractivity contribution >= 4 is 17.7 Å².